The number of aryl methyl sites for hydroxylation is 1. The van der Waals surface area contributed by atoms with Crippen molar-refractivity contribution in [1.82, 2.24) is 10.2 Å². The molecule has 41 heavy (non-hydrogen) atoms. The summed E-state index contributed by atoms with van der Waals surface area (Å²) < 4.78 is 28.9. The maximum Gasteiger partial charge on any atom is 0.264 e. The van der Waals surface area contributed by atoms with Gasteiger partial charge in [0.2, 0.25) is 11.8 Å². The lowest BCUT2D eigenvalue weighted by molar-refractivity contribution is -0.140. The summed E-state index contributed by atoms with van der Waals surface area (Å²) in [6.07, 6.45) is 2.00. The number of carbonyl (C=O) groups excluding carboxylic acids is 2. The molecule has 0 fully saturated rings. The molecule has 0 bridgehead atoms. The number of sulfonamides is 1. The van der Waals surface area contributed by atoms with Crippen LogP contribution < -0.4 is 9.62 Å². The largest absolute Gasteiger partial charge is 0.354 e. The first-order chi connectivity index (χ1) is 19.5. The van der Waals surface area contributed by atoms with Gasteiger partial charge in [-0.05, 0) is 61.7 Å². The lowest BCUT2D eigenvalue weighted by Crippen LogP contribution is -2.52. The number of nitrogens with one attached hydrogen (secondary N) is 1. The highest BCUT2D eigenvalue weighted by Crippen LogP contribution is 2.31. The Morgan fingerprint density at radius 1 is 0.902 bits per heavy atom. The first-order valence-electron chi connectivity index (χ1n) is 13.3. The van der Waals surface area contributed by atoms with Gasteiger partial charge in [0.15, 0.2) is 0 Å². The fraction of sp³-hybridized carbons (Fsp3) is 0.333. The Hall–Kier alpha value is -2.78. The van der Waals surface area contributed by atoms with E-state index in [1.807, 2.05) is 13.8 Å². The van der Waals surface area contributed by atoms with E-state index in [9.17, 15) is 18.0 Å². The van der Waals surface area contributed by atoms with Gasteiger partial charge in [-0.2, -0.15) is 0 Å². The Kier molecular flexibility index (Phi) is 11.9. The fourth-order valence-corrected chi connectivity index (χ4v) is 6.14. The smallest absolute Gasteiger partial charge is 0.264 e. The average molecular weight is 639 g/mol. The summed E-state index contributed by atoms with van der Waals surface area (Å²) in [4.78, 5) is 28.7. The molecule has 11 heteroatoms. The summed E-state index contributed by atoms with van der Waals surface area (Å²) in [5, 5.41) is 3.71. The molecular formula is C30H34Cl3N3O4S. The fourth-order valence-electron chi connectivity index (χ4n) is 4.24. The summed E-state index contributed by atoms with van der Waals surface area (Å²) in [7, 11) is -4.22. The van der Waals surface area contributed by atoms with Crippen molar-refractivity contribution < 1.29 is 18.0 Å². The van der Waals surface area contributed by atoms with Crippen LogP contribution in [-0.4, -0.2) is 44.3 Å². The zero-order chi connectivity index (χ0) is 30.2. The molecule has 220 valence electrons. The molecule has 0 aliphatic carbocycles. The second-order valence-electron chi connectivity index (χ2n) is 9.60. The van der Waals surface area contributed by atoms with Gasteiger partial charge in [-0.3, -0.25) is 13.9 Å². The predicted molar refractivity (Wildman–Crippen MR) is 166 cm³/mol. The van der Waals surface area contributed by atoms with E-state index >= 15 is 0 Å². The minimum atomic E-state index is -4.22. The molecule has 0 saturated heterocycles. The van der Waals surface area contributed by atoms with Gasteiger partial charge in [-0.15, -0.1) is 0 Å². The van der Waals surface area contributed by atoms with Crippen molar-refractivity contribution in [1.29, 1.82) is 0 Å². The molecule has 0 saturated carbocycles. The zero-order valence-electron chi connectivity index (χ0n) is 23.2. The van der Waals surface area contributed by atoms with Gasteiger partial charge in [0.25, 0.3) is 10.0 Å². The number of nitrogens with zero attached hydrogens (tertiary/aromatic N) is 2. The van der Waals surface area contributed by atoms with Gasteiger partial charge in [-0.25, -0.2) is 8.42 Å². The van der Waals surface area contributed by atoms with Crippen molar-refractivity contribution in [2.45, 2.75) is 57.5 Å². The number of anilines is 1. The quantitative estimate of drug-likeness (QED) is 0.207. The number of unbranched alkanes of at least 4 members (excludes halogenated alkanes) is 1. The van der Waals surface area contributed by atoms with E-state index in [4.69, 9.17) is 34.8 Å². The molecule has 0 aliphatic heterocycles. The molecule has 1 N–H and O–H groups in total. The van der Waals surface area contributed by atoms with E-state index in [2.05, 4.69) is 5.32 Å². The highest BCUT2D eigenvalue weighted by Gasteiger charge is 2.34. The van der Waals surface area contributed by atoms with Gasteiger partial charge in [0.05, 0.1) is 20.6 Å². The summed E-state index contributed by atoms with van der Waals surface area (Å²) in [5.74, 6) is -0.895. The van der Waals surface area contributed by atoms with Crippen LogP contribution in [0.2, 0.25) is 15.1 Å². The van der Waals surface area contributed by atoms with Crippen molar-refractivity contribution in [2.24, 2.45) is 0 Å². The predicted octanol–water partition coefficient (Wildman–Crippen LogP) is 6.87. The number of hydrogen-bond donors (Lipinski definition) is 1. The first kappa shape index (κ1) is 32.7. The van der Waals surface area contributed by atoms with Crippen LogP contribution in [0.25, 0.3) is 0 Å². The van der Waals surface area contributed by atoms with Crippen LogP contribution in [0, 0.1) is 6.92 Å². The Morgan fingerprint density at radius 2 is 1.59 bits per heavy atom. The standard InChI is InChI=1S/C30H34Cl3N3O4S/c1-4-6-17-34-30(38)28(5-2)35(19-22-9-7-8-10-25(22)31)29(37)20-36(23-13-16-26(32)27(33)18-23)41(39,40)24-14-11-21(3)12-15-24/h7-16,18,28H,4-6,17,19-20H2,1-3H3,(H,34,38). The van der Waals surface area contributed by atoms with Crippen molar-refractivity contribution >= 4 is 62.3 Å². The van der Waals surface area contributed by atoms with E-state index < -0.39 is 28.5 Å². The van der Waals surface area contributed by atoms with Gasteiger partial charge >= 0.3 is 0 Å². The van der Waals surface area contributed by atoms with E-state index in [-0.39, 0.29) is 33.1 Å². The summed E-state index contributed by atoms with van der Waals surface area (Å²) in [6.45, 7) is 5.56. The van der Waals surface area contributed by atoms with E-state index in [0.29, 0.717) is 23.6 Å². The molecule has 0 aromatic heterocycles. The van der Waals surface area contributed by atoms with Crippen LogP contribution in [0.15, 0.2) is 71.6 Å². The van der Waals surface area contributed by atoms with Crippen molar-refractivity contribution in [3.05, 3.63) is 92.9 Å². The molecule has 3 rings (SSSR count). The monoisotopic (exact) mass is 637 g/mol. The van der Waals surface area contributed by atoms with Gasteiger partial charge in [0.1, 0.15) is 12.6 Å². The number of carbonyl (C=O) groups is 2. The third-order valence-electron chi connectivity index (χ3n) is 6.59. The SMILES string of the molecule is CCCCNC(=O)C(CC)N(Cc1ccccc1Cl)C(=O)CN(c1ccc(Cl)c(Cl)c1)S(=O)(=O)c1ccc(C)cc1. The minimum absolute atomic E-state index is 0.00368. The molecule has 0 aliphatic rings. The van der Waals surface area contributed by atoms with Gasteiger partial charge in [0, 0.05) is 18.1 Å². The number of amides is 2. The van der Waals surface area contributed by atoms with Crippen LogP contribution in [0.5, 0.6) is 0 Å². The van der Waals surface area contributed by atoms with E-state index in [0.717, 1.165) is 22.7 Å². The normalized spacial score (nSPS) is 12.0. The second-order valence-corrected chi connectivity index (χ2v) is 12.7. The van der Waals surface area contributed by atoms with Gasteiger partial charge in [-0.1, -0.05) is 91.0 Å². The molecule has 0 spiro atoms. The minimum Gasteiger partial charge on any atom is -0.354 e. The molecule has 0 radical (unpaired) electrons. The highest BCUT2D eigenvalue weighted by atomic mass is 35.5. The maximum absolute atomic E-state index is 14.1. The van der Waals surface area contributed by atoms with E-state index in [1.165, 1.54) is 35.2 Å². The summed E-state index contributed by atoms with van der Waals surface area (Å²) >= 11 is 18.8. The van der Waals surface area contributed by atoms with Crippen LogP contribution in [-0.2, 0) is 26.2 Å². The number of hydrogen-bond acceptors (Lipinski definition) is 4. The Balaban J connectivity index is 2.07. The van der Waals surface area contributed by atoms with Crippen LogP contribution in [0.3, 0.4) is 0 Å². The van der Waals surface area contributed by atoms with E-state index in [1.54, 1.807) is 43.3 Å². The molecule has 7 nitrogen and oxygen atoms in total. The zero-order valence-corrected chi connectivity index (χ0v) is 26.3. The number of rotatable bonds is 13. The van der Waals surface area contributed by atoms with Gasteiger partial charge < -0.3 is 10.2 Å². The number of benzene rings is 3. The average Bonchev–Trinajstić information content (AvgIpc) is 2.94. The maximum atomic E-state index is 14.1. The molecule has 0 heterocycles. The topological polar surface area (TPSA) is 86.8 Å². The Bertz CT molecular complexity index is 1470. The van der Waals surface area contributed by atoms with Crippen molar-refractivity contribution in [2.75, 3.05) is 17.4 Å². The molecular weight excluding hydrogens is 605 g/mol. The van der Waals surface area contributed by atoms with Crippen molar-refractivity contribution in [3.63, 3.8) is 0 Å². The lowest BCUT2D eigenvalue weighted by atomic mass is 10.1. The third kappa shape index (κ3) is 8.38. The Morgan fingerprint density at radius 3 is 2.20 bits per heavy atom. The molecule has 1 atom stereocenters. The van der Waals surface area contributed by atoms with Crippen LogP contribution >= 0.6 is 34.8 Å². The second kappa shape index (κ2) is 14.9. The molecule has 2 amide bonds. The lowest BCUT2D eigenvalue weighted by Gasteiger charge is -2.33. The highest BCUT2D eigenvalue weighted by molar-refractivity contribution is 7.92. The third-order valence-corrected chi connectivity index (χ3v) is 9.49. The molecule has 3 aromatic rings. The number of halogens is 3. The molecule has 3 aromatic carbocycles. The van der Waals surface area contributed by atoms with Crippen LogP contribution in [0.4, 0.5) is 5.69 Å². The summed E-state index contributed by atoms with van der Waals surface area (Å²) in [6, 6.07) is 16.9. The summed E-state index contributed by atoms with van der Waals surface area (Å²) in [5.41, 5.74) is 1.67. The Labute approximate surface area is 257 Å². The first-order valence-corrected chi connectivity index (χ1v) is 15.9. The van der Waals surface area contributed by atoms with Crippen LogP contribution in [0.1, 0.15) is 44.2 Å². The van der Waals surface area contributed by atoms with Crippen molar-refractivity contribution in [3.8, 4) is 0 Å². The molecule has 1 unspecified atom stereocenters.